The van der Waals surface area contributed by atoms with Crippen LogP contribution in [0.4, 0.5) is 0 Å². The topological polar surface area (TPSA) is 28.4 Å². The van der Waals surface area contributed by atoms with Crippen LogP contribution in [0.25, 0.3) is 0 Å². The summed E-state index contributed by atoms with van der Waals surface area (Å²) in [7, 11) is 0. The van der Waals surface area contributed by atoms with Gasteiger partial charge in [-0.25, -0.2) is 0 Å². The largest absolute Gasteiger partial charge is 0.465 e. The molecule has 2 heterocycles. The first-order chi connectivity index (χ1) is 10.1. The monoisotopic (exact) mass is 292 g/mol. The van der Waals surface area contributed by atoms with Gasteiger partial charge >= 0.3 is 0 Å². The van der Waals surface area contributed by atoms with Gasteiger partial charge in [0, 0.05) is 12.1 Å². The zero-order chi connectivity index (χ0) is 15.2. The number of furan rings is 1. The van der Waals surface area contributed by atoms with Gasteiger partial charge in [0.05, 0.1) is 6.54 Å². The molecule has 120 valence electrons. The fraction of sp³-hybridized carbons (Fsp3) is 0.778. The average Bonchev–Trinajstić information content (AvgIpc) is 2.80. The summed E-state index contributed by atoms with van der Waals surface area (Å²) in [5.41, 5.74) is 1.37. The molecule has 0 aliphatic carbocycles. The van der Waals surface area contributed by atoms with Crippen LogP contribution in [-0.4, -0.2) is 24.5 Å². The summed E-state index contributed by atoms with van der Waals surface area (Å²) < 4.78 is 5.87. The van der Waals surface area contributed by atoms with Crippen molar-refractivity contribution in [2.24, 2.45) is 11.8 Å². The number of rotatable bonds is 7. The zero-order valence-corrected chi connectivity index (χ0v) is 14.2. The van der Waals surface area contributed by atoms with Crippen LogP contribution >= 0.6 is 0 Å². The molecule has 1 aliphatic heterocycles. The smallest absolute Gasteiger partial charge is 0.118 e. The van der Waals surface area contributed by atoms with Crippen LogP contribution < -0.4 is 5.32 Å². The predicted molar refractivity (Wildman–Crippen MR) is 88.3 cm³/mol. The lowest BCUT2D eigenvalue weighted by atomic mass is 9.86. The Balaban J connectivity index is 1.83. The fourth-order valence-corrected chi connectivity index (χ4v) is 3.24. The van der Waals surface area contributed by atoms with E-state index in [1.165, 1.54) is 31.5 Å². The molecular weight excluding hydrogens is 260 g/mol. The van der Waals surface area contributed by atoms with Gasteiger partial charge in [-0.1, -0.05) is 20.8 Å². The Hall–Kier alpha value is -0.800. The highest BCUT2D eigenvalue weighted by Crippen LogP contribution is 2.26. The molecule has 0 atom stereocenters. The quantitative estimate of drug-likeness (QED) is 0.771. The Bertz CT molecular complexity index is 417. The molecule has 0 bridgehead atoms. The molecule has 1 aromatic rings. The number of hydrogen-bond acceptors (Lipinski definition) is 3. The summed E-state index contributed by atoms with van der Waals surface area (Å²) in [4.78, 5) is 2.58. The standard InChI is InChI=1S/C18H32N2O/c1-5-8-19-12-18-11-17(15(4)21-18)13-20-9-6-16(7-10-20)14(2)3/h11,14,16,19H,5-10,12-13H2,1-4H3. The van der Waals surface area contributed by atoms with Crippen LogP contribution in [0, 0.1) is 18.8 Å². The van der Waals surface area contributed by atoms with Crippen LogP contribution in [-0.2, 0) is 13.1 Å². The van der Waals surface area contributed by atoms with E-state index in [2.05, 4.69) is 44.0 Å². The molecule has 2 rings (SSSR count). The Morgan fingerprint density at radius 3 is 2.67 bits per heavy atom. The fourth-order valence-electron chi connectivity index (χ4n) is 3.24. The zero-order valence-electron chi connectivity index (χ0n) is 14.2. The molecule has 0 spiro atoms. The summed E-state index contributed by atoms with van der Waals surface area (Å²) in [5, 5.41) is 3.41. The number of piperidine rings is 1. The second-order valence-electron chi connectivity index (χ2n) is 6.83. The molecule has 0 radical (unpaired) electrons. The summed E-state index contributed by atoms with van der Waals surface area (Å²) in [6.45, 7) is 14.4. The van der Waals surface area contributed by atoms with Gasteiger partial charge in [0.25, 0.3) is 0 Å². The summed E-state index contributed by atoms with van der Waals surface area (Å²) >= 11 is 0. The van der Waals surface area contributed by atoms with Gasteiger partial charge < -0.3 is 9.73 Å². The van der Waals surface area contributed by atoms with Gasteiger partial charge in [-0.05, 0) is 63.7 Å². The van der Waals surface area contributed by atoms with Crippen molar-refractivity contribution in [2.75, 3.05) is 19.6 Å². The second kappa shape index (κ2) is 8.00. The minimum Gasteiger partial charge on any atom is -0.465 e. The Morgan fingerprint density at radius 1 is 1.33 bits per heavy atom. The van der Waals surface area contributed by atoms with E-state index in [1.54, 1.807) is 0 Å². The average molecular weight is 292 g/mol. The van der Waals surface area contributed by atoms with Crippen LogP contribution in [0.15, 0.2) is 10.5 Å². The van der Waals surface area contributed by atoms with Crippen molar-refractivity contribution in [3.63, 3.8) is 0 Å². The Kier molecular flexibility index (Phi) is 6.31. The van der Waals surface area contributed by atoms with E-state index in [0.717, 1.165) is 49.4 Å². The van der Waals surface area contributed by atoms with Gasteiger partial charge in [0.1, 0.15) is 11.5 Å². The van der Waals surface area contributed by atoms with Gasteiger partial charge in [-0.3, -0.25) is 4.90 Å². The predicted octanol–water partition coefficient (Wildman–Crippen LogP) is 3.96. The Labute approximate surface area is 130 Å². The molecular formula is C18H32N2O. The van der Waals surface area contributed by atoms with E-state index in [-0.39, 0.29) is 0 Å². The molecule has 1 N–H and O–H groups in total. The highest BCUT2D eigenvalue weighted by molar-refractivity contribution is 5.20. The third kappa shape index (κ3) is 4.86. The van der Waals surface area contributed by atoms with Crippen molar-refractivity contribution in [1.82, 2.24) is 10.2 Å². The summed E-state index contributed by atoms with van der Waals surface area (Å²) in [6, 6.07) is 2.24. The maximum atomic E-state index is 5.87. The van der Waals surface area contributed by atoms with E-state index in [1.807, 2.05) is 0 Å². The molecule has 3 heteroatoms. The van der Waals surface area contributed by atoms with Gasteiger partial charge in [-0.2, -0.15) is 0 Å². The minimum atomic E-state index is 0.832. The second-order valence-corrected chi connectivity index (χ2v) is 6.83. The first-order valence-electron chi connectivity index (χ1n) is 8.61. The van der Waals surface area contributed by atoms with Crippen molar-refractivity contribution in [1.29, 1.82) is 0 Å². The van der Waals surface area contributed by atoms with Crippen molar-refractivity contribution in [3.8, 4) is 0 Å². The molecule has 0 saturated carbocycles. The number of likely N-dealkylation sites (tertiary alicyclic amines) is 1. The first kappa shape index (κ1) is 16.6. The molecule has 1 fully saturated rings. The van der Waals surface area contributed by atoms with Crippen molar-refractivity contribution in [2.45, 2.75) is 60.0 Å². The Morgan fingerprint density at radius 2 is 2.05 bits per heavy atom. The number of aryl methyl sites for hydroxylation is 1. The van der Waals surface area contributed by atoms with Gasteiger partial charge in [0.2, 0.25) is 0 Å². The maximum absolute atomic E-state index is 5.87. The van der Waals surface area contributed by atoms with E-state index >= 15 is 0 Å². The van der Waals surface area contributed by atoms with Gasteiger partial charge in [0.15, 0.2) is 0 Å². The van der Waals surface area contributed by atoms with Crippen molar-refractivity contribution < 1.29 is 4.42 Å². The lowest BCUT2D eigenvalue weighted by Gasteiger charge is -2.33. The molecule has 21 heavy (non-hydrogen) atoms. The molecule has 0 unspecified atom stereocenters. The highest BCUT2D eigenvalue weighted by Gasteiger charge is 2.22. The van der Waals surface area contributed by atoms with Crippen molar-refractivity contribution in [3.05, 3.63) is 23.2 Å². The van der Waals surface area contributed by atoms with Gasteiger partial charge in [-0.15, -0.1) is 0 Å². The molecule has 1 aromatic heterocycles. The lowest BCUT2D eigenvalue weighted by Crippen LogP contribution is -2.34. The summed E-state index contributed by atoms with van der Waals surface area (Å²) in [5.74, 6) is 3.92. The number of hydrogen-bond donors (Lipinski definition) is 1. The lowest BCUT2D eigenvalue weighted by molar-refractivity contribution is 0.151. The van der Waals surface area contributed by atoms with E-state index in [4.69, 9.17) is 4.42 Å². The number of nitrogens with one attached hydrogen (secondary N) is 1. The van der Waals surface area contributed by atoms with E-state index in [0.29, 0.717) is 0 Å². The molecule has 0 amide bonds. The first-order valence-corrected chi connectivity index (χ1v) is 8.61. The van der Waals surface area contributed by atoms with Crippen LogP contribution in [0.5, 0.6) is 0 Å². The number of nitrogens with zero attached hydrogens (tertiary/aromatic N) is 1. The van der Waals surface area contributed by atoms with E-state index < -0.39 is 0 Å². The van der Waals surface area contributed by atoms with Crippen LogP contribution in [0.3, 0.4) is 0 Å². The SMILES string of the molecule is CCCNCc1cc(CN2CCC(C(C)C)CC2)c(C)o1. The third-order valence-corrected chi connectivity index (χ3v) is 4.77. The maximum Gasteiger partial charge on any atom is 0.118 e. The van der Waals surface area contributed by atoms with Crippen molar-refractivity contribution >= 4 is 0 Å². The van der Waals surface area contributed by atoms with Crippen LogP contribution in [0.1, 0.15) is 57.1 Å². The van der Waals surface area contributed by atoms with Crippen LogP contribution in [0.2, 0.25) is 0 Å². The molecule has 1 aliphatic rings. The molecule has 0 aromatic carbocycles. The highest BCUT2D eigenvalue weighted by atomic mass is 16.3. The van der Waals surface area contributed by atoms with E-state index in [9.17, 15) is 0 Å². The molecule has 1 saturated heterocycles. The molecule has 3 nitrogen and oxygen atoms in total. The summed E-state index contributed by atoms with van der Waals surface area (Å²) in [6.07, 6.45) is 3.86. The third-order valence-electron chi connectivity index (χ3n) is 4.77. The normalized spacial score (nSPS) is 17.8. The minimum absolute atomic E-state index is 0.832.